The number of likely N-dealkylation sites (N-methyl/N-ethyl adjacent to an activating group) is 1. The first-order valence-corrected chi connectivity index (χ1v) is 8.58. The van der Waals surface area contributed by atoms with Gasteiger partial charge < -0.3 is 14.4 Å². The molecule has 4 rings (SSSR count). The van der Waals surface area contributed by atoms with Crippen LogP contribution in [0, 0.1) is 5.92 Å². The zero-order valence-corrected chi connectivity index (χ0v) is 14.0. The molecule has 120 valence electrons. The topological polar surface area (TPSA) is 21.7 Å². The van der Waals surface area contributed by atoms with E-state index in [0.29, 0.717) is 17.6 Å². The summed E-state index contributed by atoms with van der Waals surface area (Å²) in [6, 6.07) is 7.45. The summed E-state index contributed by atoms with van der Waals surface area (Å²) >= 11 is 0. The number of nitrogens with zero attached hydrogens (tertiary/aromatic N) is 1. The molecule has 22 heavy (non-hydrogen) atoms. The first-order valence-electron chi connectivity index (χ1n) is 8.58. The van der Waals surface area contributed by atoms with Gasteiger partial charge in [-0.25, -0.2) is 0 Å². The molecular weight excluding hydrogens is 274 g/mol. The number of benzene rings is 1. The van der Waals surface area contributed by atoms with Crippen LogP contribution in [0.2, 0.25) is 0 Å². The lowest BCUT2D eigenvalue weighted by Crippen LogP contribution is -2.61. The molecule has 0 N–H and O–H groups in total. The highest BCUT2D eigenvalue weighted by atomic mass is 16.5. The van der Waals surface area contributed by atoms with Gasteiger partial charge in [0.1, 0.15) is 5.75 Å². The first-order chi connectivity index (χ1) is 10.7. The molecular formula is C19H27NO2. The van der Waals surface area contributed by atoms with Crippen molar-refractivity contribution in [3.8, 4) is 5.75 Å². The van der Waals surface area contributed by atoms with Crippen molar-refractivity contribution < 1.29 is 9.47 Å². The molecule has 1 saturated heterocycles. The summed E-state index contributed by atoms with van der Waals surface area (Å²) < 4.78 is 11.3. The van der Waals surface area contributed by atoms with Crippen LogP contribution in [0.1, 0.15) is 36.8 Å². The van der Waals surface area contributed by atoms with Gasteiger partial charge in [-0.3, -0.25) is 0 Å². The fourth-order valence-corrected chi connectivity index (χ4v) is 5.49. The molecule has 3 nitrogen and oxygen atoms in total. The Morgan fingerprint density at radius 1 is 1.23 bits per heavy atom. The summed E-state index contributed by atoms with van der Waals surface area (Å²) in [6.07, 6.45) is 6.55. The standard InChI is InChI=1S/C19H27NO2/c1-20-9-8-19-12-15(22-3)6-7-16(19)18(20)10-13-4-5-14(21-2)11-17(13)19/h4-5,11,15-16,18H,6-10,12H2,1-3H3/t15?,16?,18-,19+/m1/s1. The molecule has 2 aliphatic carbocycles. The van der Waals surface area contributed by atoms with Gasteiger partial charge >= 0.3 is 0 Å². The summed E-state index contributed by atoms with van der Waals surface area (Å²) in [7, 11) is 5.96. The largest absolute Gasteiger partial charge is 0.497 e. The van der Waals surface area contributed by atoms with Crippen molar-refractivity contribution in [3.05, 3.63) is 29.3 Å². The zero-order chi connectivity index (χ0) is 15.3. The van der Waals surface area contributed by atoms with Gasteiger partial charge in [0, 0.05) is 18.6 Å². The van der Waals surface area contributed by atoms with Gasteiger partial charge in [0.15, 0.2) is 0 Å². The van der Waals surface area contributed by atoms with Crippen LogP contribution in [0.5, 0.6) is 5.75 Å². The smallest absolute Gasteiger partial charge is 0.119 e. The maximum Gasteiger partial charge on any atom is 0.119 e. The van der Waals surface area contributed by atoms with E-state index in [1.807, 2.05) is 7.11 Å². The SMILES string of the molecule is COc1ccc2c(c1)[C@]13CCN(C)[C@H](C2)C1CCC(OC)C3. The molecule has 3 aliphatic rings. The Bertz CT molecular complexity index is 573. The van der Waals surface area contributed by atoms with E-state index in [9.17, 15) is 0 Å². The predicted octanol–water partition coefficient (Wildman–Crippen LogP) is 3.01. The van der Waals surface area contributed by atoms with Crippen LogP contribution in [-0.2, 0) is 16.6 Å². The molecule has 4 atom stereocenters. The van der Waals surface area contributed by atoms with Crippen molar-refractivity contribution in [2.45, 2.75) is 49.7 Å². The van der Waals surface area contributed by atoms with Gasteiger partial charge in [-0.05, 0) is 74.9 Å². The number of hydrogen-bond donors (Lipinski definition) is 0. The van der Waals surface area contributed by atoms with E-state index in [4.69, 9.17) is 9.47 Å². The first kappa shape index (κ1) is 14.5. The van der Waals surface area contributed by atoms with Crippen LogP contribution in [0.4, 0.5) is 0 Å². The highest BCUT2D eigenvalue weighted by molar-refractivity contribution is 5.45. The van der Waals surface area contributed by atoms with Crippen LogP contribution in [0.25, 0.3) is 0 Å². The Morgan fingerprint density at radius 3 is 2.86 bits per heavy atom. The summed E-state index contributed by atoms with van der Waals surface area (Å²) in [5.41, 5.74) is 3.39. The molecule has 3 heteroatoms. The molecule has 0 amide bonds. The molecule has 2 fully saturated rings. The Hall–Kier alpha value is -1.06. The highest BCUT2D eigenvalue weighted by Crippen LogP contribution is 2.56. The fourth-order valence-electron chi connectivity index (χ4n) is 5.49. The second kappa shape index (κ2) is 5.24. The lowest BCUT2D eigenvalue weighted by molar-refractivity contribution is -0.0522. The Balaban J connectivity index is 1.85. The molecule has 0 radical (unpaired) electrons. The molecule has 1 aliphatic heterocycles. The van der Waals surface area contributed by atoms with E-state index in [2.05, 4.69) is 30.1 Å². The van der Waals surface area contributed by atoms with Gasteiger partial charge in [0.2, 0.25) is 0 Å². The third-order valence-electron chi connectivity index (χ3n) is 6.66. The average molecular weight is 301 g/mol. The van der Waals surface area contributed by atoms with Gasteiger partial charge in [-0.1, -0.05) is 6.07 Å². The number of piperidine rings is 1. The highest BCUT2D eigenvalue weighted by Gasteiger charge is 2.55. The summed E-state index contributed by atoms with van der Waals surface area (Å²) in [5, 5.41) is 0. The Labute approximate surface area is 133 Å². The normalized spacial score (nSPS) is 37.3. The summed E-state index contributed by atoms with van der Waals surface area (Å²) in [5.74, 6) is 1.78. The number of ether oxygens (including phenoxy) is 2. The van der Waals surface area contributed by atoms with E-state index < -0.39 is 0 Å². The molecule has 0 spiro atoms. The van der Waals surface area contributed by atoms with E-state index in [0.717, 1.165) is 11.7 Å². The average Bonchev–Trinajstić information content (AvgIpc) is 2.57. The van der Waals surface area contributed by atoms with Crippen molar-refractivity contribution in [3.63, 3.8) is 0 Å². The predicted molar refractivity (Wildman–Crippen MR) is 87.5 cm³/mol. The van der Waals surface area contributed by atoms with E-state index in [1.165, 1.54) is 44.2 Å². The summed E-state index contributed by atoms with van der Waals surface area (Å²) in [6.45, 7) is 1.20. The minimum absolute atomic E-state index is 0.304. The second-order valence-corrected chi connectivity index (χ2v) is 7.43. The molecule has 1 saturated carbocycles. The maximum atomic E-state index is 5.78. The fraction of sp³-hybridized carbons (Fsp3) is 0.684. The molecule has 2 unspecified atom stereocenters. The van der Waals surface area contributed by atoms with E-state index in [1.54, 1.807) is 12.7 Å². The van der Waals surface area contributed by atoms with Crippen LogP contribution < -0.4 is 4.74 Å². The third-order valence-corrected chi connectivity index (χ3v) is 6.66. The zero-order valence-electron chi connectivity index (χ0n) is 14.0. The van der Waals surface area contributed by atoms with Crippen molar-refractivity contribution in [1.82, 2.24) is 4.90 Å². The number of methoxy groups -OCH3 is 2. The Kier molecular flexibility index (Phi) is 3.46. The van der Waals surface area contributed by atoms with Gasteiger partial charge in [0.25, 0.3) is 0 Å². The van der Waals surface area contributed by atoms with Crippen LogP contribution >= 0.6 is 0 Å². The maximum absolute atomic E-state index is 5.78. The van der Waals surface area contributed by atoms with Crippen molar-refractivity contribution in [1.29, 1.82) is 0 Å². The lowest BCUT2D eigenvalue weighted by Gasteiger charge is -2.59. The molecule has 1 heterocycles. The van der Waals surface area contributed by atoms with Gasteiger partial charge in [0.05, 0.1) is 13.2 Å². The monoisotopic (exact) mass is 301 g/mol. The van der Waals surface area contributed by atoms with Crippen LogP contribution in [0.15, 0.2) is 18.2 Å². The number of fused-ring (bicyclic) bond motifs is 1. The third kappa shape index (κ3) is 1.95. The minimum Gasteiger partial charge on any atom is -0.497 e. The van der Waals surface area contributed by atoms with Crippen molar-refractivity contribution in [2.24, 2.45) is 5.92 Å². The summed E-state index contributed by atoms with van der Waals surface area (Å²) in [4.78, 5) is 2.60. The van der Waals surface area contributed by atoms with Gasteiger partial charge in [-0.2, -0.15) is 0 Å². The van der Waals surface area contributed by atoms with E-state index in [-0.39, 0.29) is 0 Å². The quantitative estimate of drug-likeness (QED) is 0.838. The molecule has 2 bridgehead atoms. The van der Waals surface area contributed by atoms with E-state index >= 15 is 0 Å². The Morgan fingerprint density at radius 2 is 2.09 bits per heavy atom. The second-order valence-electron chi connectivity index (χ2n) is 7.43. The van der Waals surface area contributed by atoms with Crippen molar-refractivity contribution in [2.75, 3.05) is 27.8 Å². The van der Waals surface area contributed by atoms with Gasteiger partial charge in [-0.15, -0.1) is 0 Å². The lowest BCUT2D eigenvalue weighted by atomic mass is 9.52. The van der Waals surface area contributed by atoms with Crippen LogP contribution in [-0.4, -0.2) is 44.9 Å². The number of hydrogen-bond acceptors (Lipinski definition) is 3. The minimum atomic E-state index is 0.304. The van der Waals surface area contributed by atoms with Crippen molar-refractivity contribution >= 4 is 0 Å². The molecule has 1 aromatic rings. The number of rotatable bonds is 2. The van der Waals surface area contributed by atoms with Crippen LogP contribution in [0.3, 0.4) is 0 Å². The number of likely N-dealkylation sites (tertiary alicyclic amines) is 1. The molecule has 1 aromatic carbocycles. The molecule has 0 aromatic heterocycles.